The van der Waals surface area contributed by atoms with E-state index in [1.807, 2.05) is 0 Å². The van der Waals surface area contributed by atoms with E-state index in [0.29, 0.717) is 12.0 Å². The second kappa shape index (κ2) is 16.3. The molecule has 13 heteroatoms. The highest BCUT2D eigenvalue weighted by atomic mass is 16.7. The quantitative estimate of drug-likeness (QED) is 0.189. The first-order valence-electron chi connectivity index (χ1n) is 17.5. The topological polar surface area (TPSA) is 164 Å². The van der Waals surface area contributed by atoms with E-state index >= 15 is 0 Å². The van der Waals surface area contributed by atoms with Gasteiger partial charge in [0, 0.05) is 5.54 Å². The van der Waals surface area contributed by atoms with Crippen LogP contribution in [0.3, 0.4) is 0 Å². The van der Waals surface area contributed by atoms with Crippen LogP contribution in [-0.4, -0.2) is 83.9 Å². The lowest BCUT2D eigenvalue weighted by Gasteiger charge is -2.49. The van der Waals surface area contributed by atoms with Crippen molar-refractivity contribution in [3.8, 4) is 0 Å². The van der Waals surface area contributed by atoms with Crippen LogP contribution in [0, 0.1) is 21.7 Å². The number of amides is 2. The van der Waals surface area contributed by atoms with E-state index in [1.54, 1.807) is 134 Å². The second-order valence-corrected chi connectivity index (χ2v) is 18.4. The highest BCUT2D eigenvalue weighted by Crippen LogP contribution is 2.37. The molecule has 1 fully saturated rings. The number of hydrogen-bond acceptors (Lipinski definition) is 11. The molecule has 0 bridgehead atoms. The van der Waals surface area contributed by atoms with E-state index in [-0.39, 0.29) is 0 Å². The van der Waals surface area contributed by atoms with Crippen molar-refractivity contribution in [2.75, 3.05) is 6.61 Å². The molecule has 0 saturated carbocycles. The van der Waals surface area contributed by atoms with Crippen LogP contribution in [0.4, 0.5) is 0 Å². The van der Waals surface area contributed by atoms with Gasteiger partial charge in [0.25, 0.3) is 0 Å². The second-order valence-electron chi connectivity index (χ2n) is 18.4. The molecule has 1 aliphatic rings. The van der Waals surface area contributed by atoms with E-state index in [1.165, 1.54) is 0 Å². The van der Waals surface area contributed by atoms with Crippen LogP contribution in [-0.2, 0) is 52.5 Å². The Morgan fingerprint density at radius 1 is 0.673 bits per heavy atom. The summed E-state index contributed by atoms with van der Waals surface area (Å²) in [5, 5.41) is 2.91. The molecule has 6 atom stereocenters. The molecule has 0 radical (unpaired) electrons. The van der Waals surface area contributed by atoms with Gasteiger partial charge in [0.2, 0.25) is 12.3 Å². The predicted molar refractivity (Wildman–Crippen MR) is 192 cm³/mol. The standard InChI is InChI=1S/C39H60N2O11/c1-35(2,3)31(44)48-21-24-26(50-32(45)36(4,5)6)27(51-33(46)37(7,8)9)28(52-34(47)38(10,11)12)30(49-24)41(22-42)25(23-19-17-16-18-20-23)29(43)40-39(13,14)15/h16-20,22,24-28,30H,21H2,1-15H3,(H,40,43)/t24?,25-,26+,27?,28?,30-/m1/s1. The fraction of sp³-hybridized carbons (Fsp3) is 0.692. The monoisotopic (exact) mass is 732 g/mol. The Hall–Kier alpha value is -4.00. The van der Waals surface area contributed by atoms with Gasteiger partial charge in [-0.1, -0.05) is 30.3 Å². The predicted octanol–water partition coefficient (Wildman–Crippen LogP) is 5.29. The molecule has 1 saturated heterocycles. The summed E-state index contributed by atoms with van der Waals surface area (Å²) in [6.07, 6.45) is -7.40. The SMILES string of the molecule is CC(C)(C)NC(=O)[C@@H](c1ccccc1)N(C=O)[C@@H]1OC(COC(=O)C(C)(C)C)[C@H](OC(=O)C(C)(C)C)C(OC(=O)C(C)(C)C)C1OC(=O)C(C)(C)C. The normalized spacial score (nSPS) is 21.9. The van der Waals surface area contributed by atoms with E-state index in [4.69, 9.17) is 23.7 Å². The van der Waals surface area contributed by atoms with E-state index in [9.17, 15) is 28.8 Å². The van der Waals surface area contributed by atoms with Crippen LogP contribution in [0.2, 0.25) is 0 Å². The van der Waals surface area contributed by atoms with Crippen LogP contribution in [0.25, 0.3) is 0 Å². The number of ether oxygens (including phenoxy) is 5. The Morgan fingerprint density at radius 2 is 1.10 bits per heavy atom. The summed E-state index contributed by atoms with van der Waals surface area (Å²) in [7, 11) is 0. The third kappa shape index (κ3) is 12.0. The lowest BCUT2D eigenvalue weighted by molar-refractivity contribution is -0.282. The highest BCUT2D eigenvalue weighted by Gasteiger charge is 2.57. The molecule has 1 aliphatic heterocycles. The summed E-state index contributed by atoms with van der Waals surface area (Å²) >= 11 is 0. The Bertz CT molecular complexity index is 1440. The smallest absolute Gasteiger partial charge is 0.311 e. The van der Waals surface area contributed by atoms with Crippen LogP contribution in [0.5, 0.6) is 0 Å². The van der Waals surface area contributed by atoms with Crippen molar-refractivity contribution in [1.82, 2.24) is 10.2 Å². The Labute approximate surface area is 308 Å². The first-order valence-corrected chi connectivity index (χ1v) is 17.5. The largest absolute Gasteiger partial charge is 0.462 e. The van der Waals surface area contributed by atoms with Gasteiger partial charge in [-0.15, -0.1) is 0 Å². The zero-order valence-electron chi connectivity index (χ0n) is 33.6. The molecule has 292 valence electrons. The van der Waals surface area contributed by atoms with Gasteiger partial charge in [0.1, 0.15) is 18.8 Å². The van der Waals surface area contributed by atoms with E-state index in [2.05, 4.69) is 5.32 Å². The fourth-order valence-electron chi connectivity index (χ4n) is 4.75. The Morgan fingerprint density at radius 3 is 1.50 bits per heavy atom. The van der Waals surface area contributed by atoms with Gasteiger partial charge >= 0.3 is 23.9 Å². The molecule has 1 aromatic rings. The molecule has 0 aromatic heterocycles. The van der Waals surface area contributed by atoms with Gasteiger partial charge in [-0.25, -0.2) is 0 Å². The molecule has 0 aliphatic carbocycles. The van der Waals surface area contributed by atoms with Gasteiger partial charge in [-0.05, 0) is 109 Å². The first kappa shape index (κ1) is 44.2. The van der Waals surface area contributed by atoms with Gasteiger partial charge in [-0.3, -0.25) is 33.7 Å². The minimum absolute atomic E-state index is 0.380. The van der Waals surface area contributed by atoms with Crippen molar-refractivity contribution in [3.05, 3.63) is 35.9 Å². The number of hydrogen-bond donors (Lipinski definition) is 1. The zero-order chi connectivity index (χ0) is 40.2. The molecule has 1 N–H and O–H groups in total. The average Bonchev–Trinajstić information content (AvgIpc) is 2.98. The van der Waals surface area contributed by atoms with Crippen LogP contribution < -0.4 is 5.32 Å². The van der Waals surface area contributed by atoms with Gasteiger partial charge in [0.05, 0.1) is 21.7 Å². The molecular weight excluding hydrogens is 672 g/mol. The minimum Gasteiger partial charge on any atom is -0.462 e. The average molecular weight is 733 g/mol. The van der Waals surface area contributed by atoms with Gasteiger partial charge < -0.3 is 29.0 Å². The fourth-order valence-corrected chi connectivity index (χ4v) is 4.75. The summed E-state index contributed by atoms with van der Waals surface area (Å²) in [6, 6.07) is 7.07. The van der Waals surface area contributed by atoms with E-state index < -0.39 is 100 Å². The molecule has 2 rings (SSSR count). The number of carbonyl (C=O) groups is 6. The number of carbonyl (C=O) groups excluding carboxylic acids is 6. The first-order chi connectivity index (χ1) is 23.5. The van der Waals surface area contributed by atoms with Crippen LogP contribution in [0.15, 0.2) is 30.3 Å². The molecular formula is C39H60N2O11. The van der Waals surface area contributed by atoms with Crippen LogP contribution in [0.1, 0.15) is 115 Å². The molecule has 0 spiro atoms. The maximum absolute atomic E-state index is 14.1. The Balaban J connectivity index is 2.99. The zero-order valence-corrected chi connectivity index (χ0v) is 33.6. The van der Waals surface area contributed by atoms with E-state index in [0.717, 1.165) is 4.90 Å². The molecule has 52 heavy (non-hydrogen) atoms. The van der Waals surface area contributed by atoms with Gasteiger partial charge in [0.15, 0.2) is 24.5 Å². The summed E-state index contributed by atoms with van der Waals surface area (Å²) in [5.74, 6) is -3.43. The lowest BCUT2D eigenvalue weighted by Crippen LogP contribution is -2.68. The molecule has 2 amide bonds. The Kier molecular flexibility index (Phi) is 13.9. The maximum atomic E-state index is 14.1. The summed E-state index contributed by atoms with van der Waals surface area (Å²) in [4.78, 5) is 82.4. The number of rotatable bonds is 10. The third-order valence-corrected chi connectivity index (χ3v) is 7.74. The molecule has 1 heterocycles. The van der Waals surface area contributed by atoms with Crippen molar-refractivity contribution in [2.24, 2.45) is 21.7 Å². The summed E-state index contributed by atoms with van der Waals surface area (Å²) < 4.78 is 30.4. The highest BCUT2D eigenvalue weighted by molar-refractivity contribution is 5.86. The number of nitrogens with zero attached hydrogens (tertiary/aromatic N) is 1. The van der Waals surface area contributed by atoms with Crippen molar-refractivity contribution >= 4 is 36.2 Å². The third-order valence-electron chi connectivity index (χ3n) is 7.74. The molecule has 13 nitrogen and oxygen atoms in total. The molecule has 3 unspecified atom stereocenters. The number of esters is 4. The van der Waals surface area contributed by atoms with Crippen molar-refractivity contribution in [1.29, 1.82) is 0 Å². The summed E-state index contributed by atoms with van der Waals surface area (Å²) in [6.45, 7) is 24.3. The van der Waals surface area contributed by atoms with Gasteiger partial charge in [-0.2, -0.15) is 0 Å². The van der Waals surface area contributed by atoms with Crippen LogP contribution >= 0.6 is 0 Å². The molecule has 1 aromatic carbocycles. The lowest BCUT2D eigenvalue weighted by atomic mass is 9.91. The number of benzene rings is 1. The van der Waals surface area contributed by atoms with Crippen molar-refractivity contribution < 1.29 is 52.5 Å². The minimum atomic E-state index is -1.65. The number of nitrogens with one attached hydrogen (secondary N) is 1. The van der Waals surface area contributed by atoms with Crippen molar-refractivity contribution in [3.63, 3.8) is 0 Å². The maximum Gasteiger partial charge on any atom is 0.311 e. The summed E-state index contributed by atoms with van der Waals surface area (Å²) in [5.41, 5.74) is -4.53. The van der Waals surface area contributed by atoms with Crippen molar-refractivity contribution in [2.45, 2.75) is 146 Å².